The van der Waals surface area contributed by atoms with Crippen LogP contribution in [0.5, 0.6) is 0 Å². The van der Waals surface area contributed by atoms with Crippen LogP contribution in [0.4, 0.5) is 10.8 Å². The lowest BCUT2D eigenvalue weighted by Gasteiger charge is -2.11. The molecule has 0 radical (unpaired) electrons. The molecule has 3 aromatic heterocycles. The number of thiazole rings is 1. The second-order valence-corrected chi connectivity index (χ2v) is 7.97. The van der Waals surface area contributed by atoms with Crippen molar-refractivity contribution in [3.63, 3.8) is 0 Å². The molecule has 1 aliphatic heterocycles. The van der Waals surface area contributed by atoms with Gasteiger partial charge in [0, 0.05) is 30.5 Å². The Labute approximate surface area is 170 Å². The van der Waals surface area contributed by atoms with Gasteiger partial charge < -0.3 is 16.0 Å². The van der Waals surface area contributed by atoms with E-state index in [0.29, 0.717) is 5.56 Å². The monoisotopic (exact) mass is 405 g/mol. The SMILES string of the molecule is O=C(NC1CCNC1)c1cncc(Nc2nc3ccc(-c4cn[nH]c4)cc3s2)c1. The van der Waals surface area contributed by atoms with Gasteiger partial charge in [-0.05, 0) is 36.7 Å². The van der Waals surface area contributed by atoms with Gasteiger partial charge in [0.25, 0.3) is 5.91 Å². The van der Waals surface area contributed by atoms with E-state index in [1.165, 1.54) is 0 Å². The van der Waals surface area contributed by atoms with Gasteiger partial charge in [0.1, 0.15) is 0 Å². The van der Waals surface area contributed by atoms with Gasteiger partial charge in [-0.1, -0.05) is 17.4 Å². The summed E-state index contributed by atoms with van der Waals surface area (Å²) in [7, 11) is 0. The minimum absolute atomic E-state index is 0.107. The van der Waals surface area contributed by atoms with Gasteiger partial charge >= 0.3 is 0 Å². The van der Waals surface area contributed by atoms with Gasteiger partial charge in [0.15, 0.2) is 5.13 Å². The summed E-state index contributed by atoms with van der Waals surface area (Å²) in [5.74, 6) is -0.107. The molecule has 1 aliphatic rings. The Morgan fingerprint density at radius 1 is 1.17 bits per heavy atom. The van der Waals surface area contributed by atoms with Gasteiger partial charge in [-0.3, -0.25) is 14.9 Å². The number of benzene rings is 1. The maximum Gasteiger partial charge on any atom is 0.253 e. The van der Waals surface area contributed by atoms with Crippen LogP contribution in [0.15, 0.2) is 49.1 Å². The van der Waals surface area contributed by atoms with E-state index in [1.807, 2.05) is 18.3 Å². The molecule has 4 aromatic rings. The van der Waals surface area contributed by atoms with E-state index < -0.39 is 0 Å². The first-order valence-corrected chi connectivity index (χ1v) is 10.2. The van der Waals surface area contributed by atoms with Gasteiger partial charge in [0.05, 0.1) is 33.9 Å². The predicted octanol–water partition coefficient (Wildman–Crippen LogP) is 2.92. The lowest BCUT2D eigenvalue weighted by molar-refractivity contribution is 0.0939. The van der Waals surface area contributed by atoms with Gasteiger partial charge in [0.2, 0.25) is 0 Å². The number of carbonyl (C=O) groups is 1. The zero-order chi connectivity index (χ0) is 19.6. The summed E-state index contributed by atoms with van der Waals surface area (Å²) in [6, 6.07) is 8.10. The molecule has 29 heavy (non-hydrogen) atoms. The minimum Gasteiger partial charge on any atom is -0.348 e. The molecule has 1 aromatic carbocycles. The van der Waals surface area contributed by atoms with Crippen LogP contribution in [0.2, 0.25) is 0 Å². The molecule has 9 heteroatoms. The predicted molar refractivity (Wildman–Crippen MR) is 113 cm³/mol. The van der Waals surface area contributed by atoms with Crippen LogP contribution in [0, 0.1) is 0 Å². The second kappa shape index (κ2) is 7.61. The fraction of sp³-hybridized carbons (Fsp3) is 0.200. The fourth-order valence-corrected chi connectivity index (χ4v) is 4.29. The average molecular weight is 405 g/mol. The lowest BCUT2D eigenvalue weighted by Crippen LogP contribution is -2.36. The summed E-state index contributed by atoms with van der Waals surface area (Å²) >= 11 is 1.55. The molecule has 0 aliphatic carbocycles. The molecule has 4 N–H and O–H groups in total. The number of aromatic amines is 1. The van der Waals surface area contributed by atoms with Crippen LogP contribution in [0.3, 0.4) is 0 Å². The molecule has 0 spiro atoms. The third-order valence-corrected chi connectivity index (χ3v) is 5.80. The number of rotatable bonds is 5. The molecule has 1 atom stereocenters. The number of hydrogen-bond acceptors (Lipinski definition) is 7. The molecule has 0 bridgehead atoms. The Morgan fingerprint density at radius 3 is 2.97 bits per heavy atom. The van der Waals surface area contributed by atoms with Crippen LogP contribution in [-0.4, -0.2) is 45.2 Å². The third kappa shape index (κ3) is 3.82. The molecule has 5 rings (SSSR count). The number of nitrogens with one attached hydrogen (secondary N) is 4. The first kappa shape index (κ1) is 17.8. The van der Waals surface area contributed by atoms with E-state index >= 15 is 0 Å². The van der Waals surface area contributed by atoms with E-state index in [9.17, 15) is 4.79 Å². The number of aromatic nitrogens is 4. The van der Waals surface area contributed by atoms with Crippen LogP contribution in [0.1, 0.15) is 16.8 Å². The Balaban J connectivity index is 1.34. The summed E-state index contributed by atoms with van der Waals surface area (Å²) in [6.07, 6.45) is 7.88. The van der Waals surface area contributed by atoms with E-state index in [-0.39, 0.29) is 11.9 Å². The summed E-state index contributed by atoms with van der Waals surface area (Å²) in [4.78, 5) is 21.3. The number of fused-ring (bicyclic) bond motifs is 1. The summed E-state index contributed by atoms with van der Waals surface area (Å²) in [6.45, 7) is 1.74. The topological polar surface area (TPSA) is 108 Å². The van der Waals surface area contributed by atoms with Crippen molar-refractivity contribution in [3.8, 4) is 11.1 Å². The number of hydrogen-bond donors (Lipinski definition) is 4. The first-order chi connectivity index (χ1) is 14.2. The summed E-state index contributed by atoms with van der Waals surface area (Å²) in [5, 5.41) is 17.1. The highest BCUT2D eigenvalue weighted by atomic mass is 32.1. The highest BCUT2D eigenvalue weighted by Crippen LogP contribution is 2.31. The van der Waals surface area contributed by atoms with Crippen molar-refractivity contribution in [2.45, 2.75) is 12.5 Å². The standard InChI is InChI=1S/C20H19N7OS/c28-19(25-15-3-4-21-10-15)13-5-16(11-22-7-13)26-20-27-17-2-1-12(6-18(17)29-20)14-8-23-24-9-14/h1-2,5-9,11,15,21H,3-4,10H2,(H,23,24)(H,25,28)(H,26,27). The molecule has 0 saturated carbocycles. The molecule has 1 saturated heterocycles. The van der Waals surface area contributed by atoms with E-state index in [0.717, 1.165) is 51.7 Å². The van der Waals surface area contributed by atoms with Crippen LogP contribution in [-0.2, 0) is 0 Å². The molecule has 8 nitrogen and oxygen atoms in total. The normalized spacial score (nSPS) is 16.2. The van der Waals surface area contributed by atoms with E-state index in [4.69, 9.17) is 0 Å². The Hall–Kier alpha value is -3.30. The average Bonchev–Trinajstić information content (AvgIpc) is 3.49. The molecular formula is C20H19N7OS. The maximum atomic E-state index is 12.5. The maximum absolute atomic E-state index is 12.5. The van der Waals surface area contributed by atoms with Crippen molar-refractivity contribution < 1.29 is 4.79 Å². The van der Waals surface area contributed by atoms with Crippen molar-refractivity contribution in [2.24, 2.45) is 0 Å². The van der Waals surface area contributed by atoms with Gasteiger partial charge in [-0.25, -0.2) is 4.98 Å². The third-order valence-electron chi connectivity index (χ3n) is 4.87. The largest absolute Gasteiger partial charge is 0.348 e. The van der Waals surface area contributed by atoms with E-state index in [1.54, 1.807) is 36.0 Å². The lowest BCUT2D eigenvalue weighted by atomic mass is 10.1. The number of amides is 1. The van der Waals surface area contributed by atoms with Gasteiger partial charge in [-0.15, -0.1) is 0 Å². The first-order valence-electron chi connectivity index (χ1n) is 9.38. The van der Waals surface area contributed by atoms with Crippen molar-refractivity contribution >= 4 is 38.3 Å². The van der Waals surface area contributed by atoms with Crippen molar-refractivity contribution in [1.29, 1.82) is 0 Å². The highest BCUT2D eigenvalue weighted by Gasteiger charge is 2.18. The van der Waals surface area contributed by atoms with Crippen LogP contribution >= 0.6 is 11.3 Å². The molecule has 4 heterocycles. The van der Waals surface area contributed by atoms with Crippen LogP contribution < -0.4 is 16.0 Å². The number of carbonyl (C=O) groups excluding carboxylic acids is 1. The van der Waals surface area contributed by atoms with E-state index in [2.05, 4.69) is 42.2 Å². The quantitative estimate of drug-likeness (QED) is 0.407. The highest BCUT2D eigenvalue weighted by molar-refractivity contribution is 7.22. The Morgan fingerprint density at radius 2 is 2.14 bits per heavy atom. The number of pyridine rings is 1. The number of nitrogens with zero attached hydrogens (tertiary/aromatic N) is 3. The molecule has 146 valence electrons. The zero-order valence-corrected chi connectivity index (χ0v) is 16.3. The molecule has 1 unspecified atom stereocenters. The fourth-order valence-electron chi connectivity index (χ4n) is 3.37. The minimum atomic E-state index is -0.107. The summed E-state index contributed by atoms with van der Waals surface area (Å²) in [5.41, 5.74) is 4.31. The smallest absolute Gasteiger partial charge is 0.253 e. The molecule has 1 fully saturated rings. The van der Waals surface area contributed by atoms with Crippen molar-refractivity contribution in [2.75, 3.05) is 18.4 Å². The van der Waals surface area contributed by atoms with Crippen molar-refractivity contribution in [1.82, 2.24) is 30.8 Å². The molecule has 1 amide bonds. The zero-order valence-electron chi connectivity index (χ0n) is 15.5. The Kier molecular flexibility index (Phi) is 4.66. The van der Waals surface area contributed by atoms with Crippen LogP contribution in [0.25, 0.3) is 21.3 Å². The Bertz CT molecular complexity index is 1150. The second-order valence-electron chi connectivity index (χ2n) is 6.94. The number of anilines is 2. The van der Waals surface area contributed by atoms with Gasteiger partial charge in [-0.2, -0.15) is 5.10 Å². The number of H-pyrrole nitrogens is 1. The molecular weight excluding hydrogens is 386 g/mol. The summed E-state index contributed by atoms with van der Waals surface area (Å²) < 4.78 is 1.07. The van der Waals surface area contributed by atoms with Crippen molar-refractivity contribution in [3.05, 3.63) is 54.6 Å².